The first kappa shape index (κ1) is 11.9. The molecule has 10 heteroatoms. The predicted octanol–water partition coefficient (Wildman–Crippen LogP) is -0.197. The number of nitrogen functional groups attached to an aromatic ring is 1. The molecule has 0 amide bonds. The molecule has 0 spiro atoms. The number of sulfone groups is 1. The zero-order valence-electron chi connectivity index (χ0n) is 9.15. The zero-order valence-corrected chi connectivity index (χ0v) is 10.8. The molecule has 0 saturated heterocycles. The van der Waals surface area contributed by atoms with Crippen LogP contribution in [0.1, 0.15) is 11.9 Å². The molecule has 2 aromatic heterocycles. The summed E-state index contributed by atoms with van der Waals surface area (Å²) >= 11 is 1.25. The summed E-state index contributed by atoms with van der Waals surface area (Å²) in [6.07, 6.45) is 0. The zero-order chi connectivity index (χ0) is 12.6. The van der Waals surface area contributed by atoms with Gasteiger partial charge in [0.2, 0.25) is 20.0 Å². The number of aromatic nitrogens is 5. The Morgan fingerprint density at radius 1 is 1.35 bits per heavy atom. The second-order valence-electron chi connectivity index (χ2n) is 3.20. The number of nitrogens with two attached hydrogens (primary N) is 1. The maximum atomic E-state index is 11.6. The average Bonchev–Trinajstić information content (AvgIpc) is 2.85. The predicted molar refractivity (Wildman–Crippen MR) is 61.7 cm³/mol. The van der Waals surface area contributed by atoms with Crippen molar-refractivity contribution in [1.82, 2.24) is 25.2 Å². The molecule has 2 N–H and O–H groups in total. The van der Waals surface area contributed by atoms with E-state index in [1.807, 2.05) is 0 Å². The minimum Gasteiger partial charge on any atom is -0.381 e. The summed E-state index contributed by atoms with van der Waals surface area (Å²) in [4.78, 5) is 0. The van der Waals surface area contributed by atoms with Gasteiger partial charge in [-0.05, 0) is 6.92 Å². The van der Waals surface area contributed by atoms with Gasteiger partial charge >= 0.3 is 0 Å². The summed E-state index contributed by atoms with van der Waals surface area (Å²) in [5.41, 5.74) is 5.70. The molecule has 0 atom stereocenters. The Bertz CT molecular complexity index is 643. The lowest BCUT2D eigenvalue weighted by atomic mass is 10.7. The Morgan fingerprint density at radius 2 is 2.06 bits per heavy atom. The molecule has 8 nitrogen and oxygen atoms in total. The molecule has 17 heavy (non-hydrogen) atoms. The fraction of sp³-hybridized carbons (Fsp3) is 0.429. The summed E-state index contributed by atoms with van der Waals surface area (Å²) in [5.74, 6) is -0.117. The molecule has 0 fully saturated rings. The summed E-state index contributed by atoms with van der Waals surface area (Å²) < 4.78 is 24.5. The third-order valence-corrected chi connectivity index (χ3v) is 4.50. The van der Waals surface area contributed by atoms with Crippen LogP contribution in [0.2, 0.25) is 0 Å². The van der Waals surface area contributed by atoms with Gasteiger partial charge in [-0.3, -0.25) is 0 Å². The van der Waals surface area contributed by atoms with E-state index in [4.69, 9.17) is 5.73 Å². The molecule has 0 aromatic carbocycles. The Hall–Kier alpha value is -1.55. The van der Waals surface area contributed by atoms with Crippen molar-refractivity contribution >= 4 is 27.0 Å². The largest absolute Gasteiger partial charge is 0.381 e. The highest BCUT2D eigenvalue weighted by Gasteiger charge is 2.23. The van der Waals surface area contributed by atoms with E-state index in [1.54, 1.807) is 6.92 Å². The lowest BCUT2D eigenvalue weighted by Gasteiger charge is -1.98. The highest BCUT2D eigenvalue weighted by Crippen LogP contribution is 2.21. The van der Waals surface area contributed by atoms with Crippen LogP contribution in [0.25, 0.3) is 5.13 Å². The van der Waals surface area contributed by atoms with E-state index in [9.17, 15) is 8.42 Å². The van der Waals surface area contributed by atoms with Gasteiger partial charge < -0.3 is 5.73 Å². The van der Waals surface area contributed by atoms with Crippen molar-refractivity contribution in [2.75, 3.05) is 11.5 Å². The molecule has 92 valence electrons. The first-order chi connectivity index (χ1) is 7.95. The van der Waals surface area contributed by atoms with Gasteiger partial charge in [0.15, 0.2) is 5.82 Å². The minimum absolute atomic E-state index is 0.0389. The molecule has 2 heterocycles. The van der Waals surface area contributed by atoms with Gasteiger partial charge in [-0.1, -0.05) is 23.5 Å². The van der Waals surface area contributed by atoms with Crippen LogP contribution in [0.4, 0.5) is 5.82 Å². The first-order valence-corrected chi connectivity index (χ1v) is 7.17. The molecule has 0 aliphatic carbocycles. The lowest BCUT2D eigenvalue weighted by Crippen LogP contribution is -2.08. The summed E-state index contributed by atoms with van der Waals surface area (Å²) in [6.45, 7) is 3.29. The molecule has 2 rings (SSSR count). The standard InChI is InChI=1S/C7H10N6O2S2/c1-3-17(14,15)6-5(8)13(12-10-6)7-11-9-4(2)16-7/h3,8H2,1-2H3. The Kier molecular flexibility index (Phi) is 2.83. The fourth-order valence-corrected chi connectivity index (χ4v) is 2.63. The smallest absolute Gasteiger partial charge is 0.236 e. The molecule has 0 aliphatic rings. The van der Waals surface area contributed by atoms with Crippen molar-refractivity contribution in [3.8, 4) is 5.13 Å². The van der Waals surface area contributed by atoms with Gasteiger partial charge in [0.05, 0.1) is 5.75 Å². The van der Waals surface area contributed by atoms with Crippen LogP contribution in [0, 0.1) is 6.92 Å². The summed E-state index contributed by atoms with van der Waals surface area (Å²) in [6, 6.07) is 0. The molecular weight excluding hydrogens is 264 g/mol. The maximum Gasteiger partial charge on any atom is 0.236 e. The van der Waals surface area contributed by atoms with E-state index < -0.39 is 9.84 Å². The van der Waals surface area contributed by atoms with Gasteiger partial charge in [0.1, 0.15) is 5.01 Å². The third-order valence-electron chi connectivity index (χ3n) is 2.04. The molecule has 0 aliphatic heterocycles. The normalized spacial score (nSPS) is 11.9. The Labute approximate surface area is 101 Å². The monoisotopic (exact) mass is 274 g/mol. The van der Waals surface area contributed by atoms with Crippen LogP contribution >= 0.6 is 11.3 Å². The molecule has 0 bridgehead atoms. The molecular formula is C7H10N6O2S2. The number of aryl methyl sites for hydroxylation is 1. The van der Waals surface area contributed by atoms with E-state index in [1.165, 1.54) is 22.9 Å². The molecule has 0 saturated carbocycles. The highest BCUT2D eigenvalue weighted by atomic mass is 32.2. The van der Waals surface area contributed by atoms with Crippen molar-refractivity contribution < 1.29 is 8.42 Å². The number of rotatable bonds is 3. The Balaban J connectivity index is 2.54. The molecule has 0 radical (unpaired) electrons. The van der Waals surface area contributed by atoms with Crippen molar-refractivity contribution in [2.24, 2.45) is 0 Å². The summed E-state index contributed by atoms with van der Waals surface area (Å²) in [5, 5.41) is 15.8. The lowest BCUT2D eigenvalue weighted by molar-refractivity contribution is 0.593. The Morgan fingerprint density at radius 3 is 2.59 bits per heavy atom. The molecule has 2 aromatic rings. The van der Waals surface area contributed by atoms with Crippen molar-refractivity contribution in [2.45, 2.75) is 18.9 Å². The summed E-state index contributed by atoms with van der Waals surface area (Å²) in [7, 11) is -3.47. The topological polar surface area (TPSA) is 117 Å². The van der Waals surface area contributed by atoms with Gasteiger partial charge in [0.25, 0.3) is 0 Å². The third kappa shape index (κ3) is 2.00. The second-order valence-corrected chi connectivity index (χ2v) is 6.55. The van der Waals surface area contributed by atoms with Gasteiger partial charge in [-0.2, -0.15) is 4.68 Å². The number of anilines is 1. The average molecular weight is 274 g/mol. The van der Waals surface area contributed by atoms with E-state index in [0.29, 0.717) is 5.13 Å². The second kappa shape index (κ2) is 4.04. The van der Waals surface area contributed by atoms with Gasteiger partial charge in [-0.25, -0.2) is 8.42 Å². The first-order valence-electron chi connectivity index (χ1n) is 4.70. The van der Waals surface area contributed by atoms with Crippen LogP contribution in [0.5, 0.6) is 0 Å². The van der Waals surface area contributed by atoms with Crippen LogP contribution in [0.15, 0.2) is 5.03 Å². The number of hydrogen-bond acceptors (Lipinski definition) is 8. The van der Waals surface area contributed by atoms with Gasteiger partial charge in [0, 0.05) is 0 Å². The van der Waals surface area contributed by atoms with Crippen LogP contribution in [-0.4, -0.2) is 39.4 Å². The van der Waals surface area contributed by atoms with E-state index >= 15 is 0 Å². The number of nitrogens with zero attached hydrogens (tertiary/aromatic N) is 5. The molecule has 0 unspecified atom stereocenters. The van der Waals surface area contributed by atoms with Crippen LogP contribution in [0.3, 0.4) is 0 Å². The quantitative estimate of drug-likeness (QED) is 0.823. The van der Waals surface area contributed by atoms with E-state index in [2.05, 4.69) is 20.5 Å². The van der Waals surface area contributed by atoms with Crippen LogP contribution < -0.4 is 5.73 Å². The van der Waals surface area contributed by atoms with Crippen molar-refractivity contribution in [3.63, 3.8) is 0 Å². The highest BCUT2D eigenvalue weighted by molar-refractivity contribution is 7.91. The van der Waals surface area contributed by atoms with Crippen LogP contribution in [-0.2, 0) is 9.84 Å². The fourth-order valence-electron chi connectivity index (χ4n) is 1.15. The SMILES string of the molecule is CCS(=O)(=O)c1nnn(-c2nnc(C)s2)c1N. The maximum absolute atomic E-state index is 11.6. The van der Waals surface area contributed by atoms with E-state index in [0.717, 1.165) is 5.01 Å². The number of hydrogen-bond donors (Lipinski definition) is 1. The van der Waals surface area contributed by atoms with Crippen molar-refractivity contribution in [3.05, 3.63) is 5.01 Å². The van der Waals surface area contributed by atoms with Gasteiger partial charge in [-0.15, -0.1) is 15.3 Å². The minimum atomic E-state index is -3.47. The van der Waals surface area contributed by atoms with E-state index in [-0.39, 0.29) is 16.6 Å². The van der Waals surface area contributed by atoms with Crippen molar-refractivity contribution in [1.29, 1.82) is 0 Å².